The highest BCUT2D eigenvalue weighted by molar-refractivity contribution is 7.90. The fourth-order valence-corrected chi connectivity index (χ4v) is 1.64. The molecule has 0 bridgehead atoms. The van der Waals surface area contributed by atoms with Crippen molar-refractivity contribution in [2.45, 2.75) is 25.4 Å². The predicted molar refractivity (Wildman–Crippen MR) is 48.6 cm³/mol. The summed E-state index contributed by atoms with van der Waals surface area (Å²) in [6.45, 7) is 1.80. The van der Waals surface area contributed by atoms with Crippen LogP contribution in [-0.2, 0) is 10.1 Å². The Hall–Kier alpha value is -0.650. The Morgan fingerprint density at radius 1 is 1.62 bits per heavy atom. The minimum atomic E-state index is -4.12. The van der Waals surface area contributed by atoms with E-state index in [1.54, 1.807) is 6.92 Å². The van der Waals surface area contributed by atoms with E-state index in [0.29, 0.717) is 6.42 Å². The van der Waals surface area contributed by atoms with E-state index in [0.717, 1.165) is 0 Å². The van der Waals surface area contributed by atoms with Gasteiger partial charge >= 0.3 is 0 Å². The average Bonchev–Trinajstić information content (AvgIpc) is 2.04. The molecule has 0 aliphatic heterocycles. The molecule has 0 fully saturated rings. The van der Waals surface area contributed by atoms with Crippen molar-refractivity contribution in [2.24, 2.45) is 0 Å². The third kappa shape index (κ3) is 2.40. The van der Waals surface area contributed by atoms with Crippen molar-refractivity contribution in [3.63, 3.8) is 0 Å². The van der Waals surface area contributed by atoms with Gasteiger partial charge in [0, 0.05) is 0 Å². The van der Waals surface area contributed by atoms with Gasteiger partial charge in [0.05, 0.1) is 10.5 Å². The first-order valence-electron chi connectivity index (χ1n) is 3.97. The number of hydrogen-bond acceptors (Lipinski definition) is 3. The second kappa shape index (κ2) is 3.25. The van der Waals surface area contributed by atoms with E-state index in [-0.39, 0.29) is 11.3 Å². The summed E-state index contributed by atoms with van der Waals surface area (Å²) in [7, 11) is -4.12. The van der Waals surface area contributed by atoms with E-state index in [2.05, 4.69) is 0 Å². The standard InChI is InChI=1S/C8H12O4S/c1-2-8(9)5-3-7(4-6-8)13(10,11)12/h3-5,9H,2,6H2,1H3,(H,10,11,12). The molecule has 0 amide bonds. The molecule has 2 N–H and O–H groups in total. The molecule has 4 nitrogen and oxygen atoms in total. The number of aliphatic hydroxyl groups is 1. The molecule has 1 unspecified atom stereocenters. The highest BCUT2D eigenvalue weighted by atomic mass is 32.2. The Kier molecular flexibility index (Phi) is 2.61. The molecule has 0 spiro atoms. The van der Waals surface area contributed by atoms with Crippen molar-refractivity contribution in [3.8, 4) is 0 Å². The Balaban J connectivity index is 2.89. The summed E-state index contributed by atoms with van der Waals surface area (Å²) in [4.78, 5) is -0.148. The average molecular weight is 204 g/mol. The van der Waals surface area contributed by atoms with Gasteiger partial charge in [-0.1, -0.05) is 19.1 Å². The molecule has 1 aliphatic rings. The predicted octanol–water partition coefficient (Wildman–Crippen LogP) is 0.859. The molecular weight excluding hydrogens is 192 g/mol. The topological polar surface area (TPSA) is 74.6 Å². The van der Waals surface area contributed by atoms with Gasteiger partial charge in [0.1, 0.15) is 0 Å². The third-order valence-corrected chi connectivity index (χ3v) is 3.02. The first-order chi connectivity index (χ1) is 5.87. The van der Waals surface area contributed by atoms with Crippen LogP contribution in [0.3, 0.4) is 0 Å². The lowest BCUT2D eigenvalue weighted by Crippen LogP contribution is -2.26. The van der Waals surface area contributed by atoms with Crippen LogP contribution in [0.2, 0.25) is 0 Å². The van der Waals surface area contributed by atoms with Crippen molar-refractivity contribution >= 4 is 10.1 Å². The van der Waals surface area contributed by atoms with Crippen molar-refractivity contribution in [3.05, 3.63) is 23.1 Å². The summed E-state index contributed by atoms with van der Waals surface area (Å²) in [5.41, 5.74) is -0.964. The maximum atomic E-state index is 10.6. The van der Waals surface area contributed by atoms with Gasteiger partial charge in [0.15, 0.2) is 0 Å². The number of hydrogen-bond donors (Lipinski definition) is 2. The summed E-state index contributed by atoms with van der Waals surface area (Å²) < 4.78 is 29.9. The van der Waals surface area contributed by atoms with Gasteiger partial charge in [-0.25, -0.2) is 0 Å². The number of rotatable bonds is 2. The van der Waals surface area contributed by atoms with Crippen LogP contribution in [0.1, 0.15) is 19.8 Å². The van der Waals surface area contributed by atoms with E-state index >= 15 is 0 Å². The molecule has 0 radical (unpaired) electrons. The van der Waals surface area contributed by atoms with E-state index < -0.39 is 15.7 Å². The van der Waals surface area contributed by atoms with Crippen LogP contribution >= 0.6 is 0 Å². The maximum Gasteiger partial charge on any atom is 0.294 e. The fraction of sp³-hybridized carbons (Fsp3) is 0.500. The zero-order chi connectivity index (χ0) is 10.1. The van der Waals surface area contributed by atoms with Crippen molar-refractivity contribution in [2.75, 3.05) is 0 Å². The number of allylic oxidation sites excluding steroid dienone is 1. The lowest BCUT2D eigenvalue weighted by atomic mass is 9.93. The molecule has 5 heteroatoms. The largest absolute Gasteiger partial charge is 0.385 e. The third-order valence-electron chi connectivity index (χ3n) is 2.12. The monoisotopic (exact) mass is 204 g/mol. The SMILES string of the molecule is CCC1(O)C=CC(S(=O)(=O)O)=CC1. The first kappa shape index (κ1) is 10.4. The molecule has 1 atom stereocenters. The van der Waals surface area contributed by atoms with Gasteiger partial charge in [-0.05, 0) is 18.9 Å². The van der Waals surface area contributed by atoms with Gasteiger partial charge in [-0.3, -0.25) is 4.55 Å². The second-order valence-electron chi connectivity index (χ2n) is 3.08. The molecule has 74 valence electrons. The Labute approximate surface area is 77.3 Å². The van der Waals surface area contributed by atoms with Gasteiger partial charge in [-0.15, -0.1) is 0 Å². The lowest BCUT2D eigenvalue weighted by Gasteiger charge is -2.23. The summed E-state index contributed by atoms with van der Waals surface area (Å²) in [6.07, 6.45) is 4.67. The molecule has 0 saturated carbocycles. The summed E-state index contributed by atoms with van der Waals surface area (Å²) in [5.74, 6) is 0. The lowest BCUT2D eigenvalue weighted by molar-refractivity contribution is 0.0888. The summed E-state index contributed by atoms with van der Waals surface area (Å²) >= 11 is 0. The van der Waals surface area contributed by atoms with E-state index in [1.165, 1.54) is 18.2 Å². The normalized spacial score (nSPS) is 28.7. The van der Waals surface area contributed by atoms with Crippen LogP contribution in [0.4, 0.5) is 0 Å². The van der Waals surface area contributed by atoms with Gasteiger partial charge < -0.3 is 5.11 Å². The minimum Gasteiger partial charge on any atom is -0.385 e. The molecule has 0 aromatic carbocycles. The quantitative estimate of drug-likeness (QED) is 0.654. The van der Waals surface area contributed by atoms with E-state index in [1.807, 2.05) is 0 Å². The van der Waals surface area contributed by atoms with Crippen LogP contribution in [0.15, 0.2) is 23.1 Å². The van der Waals surface area contributed by atoms with Crippen LogP contribution < -0.4 is 0 Å². The summed E-state index contributed by atoms with van der Waals surface area (Å²) in [5, 5.41) is 9.66. The van der Waals surface area contributed by atoms with Crippen LogP contribution in [-0.4, -0.2) is 23.7 Å². The highest BCUT2D eigenvalue weighted by Gasteiger charge is 2.25. The van der Waals surface area contributed by atoms with Gasteiger partial charge in [-0.2, -0.15) is 8.42 Å². The maximum absolute atomic E-state index is 10.6. The second-order valence-corrected chi connectivity index (χ2v) is 4.50. The molecule has 0 aromatic rings. The van der Waals surface area contributed by atoms with E-state index in [9.17, 15) is 13.5 Å². The van der Waals surface area contributed by atoms with Crippen molar-refractivity contribution in [1.29, 1.82) is 0 Å². The molecule has 13 heavy (non-hydrogen) atoms. The smallest absolute Gasteiger partial charge is 0.294 e. The Bertz CT molecular complexity index is 352. The first-order valence-corrected chi connectivity index (χ1v) is 5.41. The molecular formula is C8H12O4S. The summed E-state index contributed by atoms with van der Waals surface area (Å²) in [6, 6.07) is 0. The molecule has 0 saturated heterocycles. The van der Waals surface area contributed by atoms with Crippen LogP contribution in [0, 0.1) is 0 Å². The van der Waals surface area contributed by atoms with Crippen LogP contribution in [0.25, 0.3) is 0 Å². The zero-order valence-electron chi connectivity index (χ0n) is 7.27. The Morgan fingerprint density at radius 2 is 2.23 bits per heavy atom. The highest BCUT2D eigenvalue weighted by Crippen LogP contribution is 2.25. The minimum absolute atomic E-state index is 0.148. The molecule has 0 aromatic heterocycles. The Morgan fingerprint density at radius 3 is 2.54 bits per heavy atom. The van der Waals surface area contributed by atoms with Crippen molar-refractivity contribution < 1.29 is 18.1 Å². The fourth-order valence-electron chi connectivity index (χ4n) is 1.10. The van der Waals surface area contributed by atoms with Gasteiger partial charge in [0.2, 0.25) is 0 Å². The van der Waals surface area contributed by atoms with Crippen molar-refractivity contribution in [1.82, 2.24) is 0 Å². The van der Waals surface area contributed by atoms with E-state index in [4.69, 9.17) is 4.55 Å². The zero-order valence-corrected chi connectivity index (χ0v) is 8.08. The van der Waals surface area contributed by atoms with Gasteiger partial charge in [0.25, 0.3) is 10.1 Å². The molecule has 1 aliphatic carbocycles. The van der Waals surface area contributed by atoms with Crippen LogP contribution in [0.5, 0.6) is 0 Å². The molecule has 0 heterocycles. The molecule has 1 rings (SSSR count).